The Balaban J connectivity index is 1.59. The molecule has 31 heavy (non-hydrogen) atoms. The molecule has 4 rings (SSSR count). The number of hydrogen-bond donors (Lipinski definition) is 2. The number of benzene rings is 1. The van der Waals surface area contributed by atoms with E-state index in [0.717, 1.165) is 37.8 Å². The summed E-state index contributed by atoms with van der Waals surface area (Å²) in [5.74, 6) is 0.388. The lowest BCUT2D eigenvalue weighted by molar-refractivity contribution is -0.137. The maximum atomic E-state index is 12.9. The molecule has 166 valence electrons. The first-order valence-corrected chi connectivity index (χ1v) is 10.6. The molecule has 2 fully saturated rings. The zero-order chi connectivity index (χ0) is 22.0. The molecule has 2 aliphatic carbocycles. The summed E-state index contributed by atoms with van der Waals surface area (Å²) in [5.41, 5.74) is 0.473. The Bertz CT molecular complexity index is 927. The van der Waals surface area contributed by atoms with Gasteiger partial charge in [-0.2, -0.15) is 13.2 Å². The molecular weight excluding hydrogens is 409 g/mol. The van der Waals surface area contributed by atoms with Crippen LogP contribution in [-0.4, -0.2) is 34.8 Å². The van der Waals surface area contributed by atoms with Crippen LogP contribution >= 0.6 is 0 Å². The zero-order valence-corrected chi connectivity index (χ0v) is 17.0. The first-order valence-electron chi connectivity index (χ1n) is 10.6. The lowest BCUT2D eigenvalue weighted by Crippen LogP contribution is -2.45. The highest BCUT2D eigenvalue weighted by atomic mass is 19.4. The quantitative estimate of drug-likeness (QED) is 0.698. The van der Waals surface area contributed by atoms with E-state index in [9.17, 15) is 23.1 Å². The Hall–Kier alpha value is -2.61. The average Bonchev–Trinajstić information content (AvgIpc) is 3.58. The van der Waals surface area contributed by atoms with Crippen LogP contribution in [0, 0.1) is 5.92 Å². The molecule has 2 aromatic rings. The smallest absolute Gasteiger partial charge is 0.416 e. The molecule has 1 heterocycles. The van der Waals surface area contributed by atoms with Crippen molar-refractivity contribution < 1.29 is 27.8 Å². The number of carbonyl (C=O) groups is 1. The van der Waals surface area contributed by atoms with Crippen LogP contribution in [0.2, 0.25) is 0 Å². The molecule has 2 atom stereocenters. The molecule has 1 aromatic heterocycles. The van der Waals surface area contributed by atoms with E-state index in [1.807, 2.05) is 0 Å². The van der Waals surface area contributed by atoms with Gasteiger partial charge in [-0.3, -0.25) is 4.79 Å². The third-order valence-corrected chi connectivity index (χ3v) is 5.84. The topological polar surface area (TPSA) is 71.5 Å². The first-order chi connectivity index (χ1) is 14.8. The van der Waals surface area contributed by atoms with Crippen LogP contribution in [-0.2, 0) is 6.18 Å². The molecule has 2 saturated carbocycles. The van der Waals surface area contributed by atoms with Gasteiger partial charge in [0.2, 0.25) is 5.88 Å². The van der Waals surface area contributed by atoms with E-state index in [4.69, 9.17) is 4.74 Å². The highest BCUT2D eigenvalue weighted by molar-refractivity contribution is 5.95. The number of aliphatic hydroxyl groups excluding tert-OH is 1. The number of hydrogen-bond acceptors (Lipinski definition) is 4. The van der Waals surface area contributed by atoms with Gasteiger partial charge in [-0.1, -0.05) is 25.0 Å². The van der Waals surface area contributed by atoms with E-state index in [1.165, 1.54) is 18.3 Å². The normalized spacial score (nSPS) is 21.5. The van der Waals surface area contributed by atoms with Crippen LogP contribution in [0.15, 0.2) is 36.5 Å². The minimum Gasteiger partial charge on any atom is -0.477 e. The van der Waals surface area contributed by atoms with E-state index >= 15 is 0 Å². The van der Waals surface area contributed by atoms with Gasteiger partial charge < -0.3 is 15.2 Å². The third-order valence-electron chi connectivity index (χ3n) is 5.84. The molecule has 2 N–H and O–H groups in total. The van der Waals surface area contributed by atoms with Crippen molar-refractivity contribution in [3.63, 3.8) is 0 Å². The molecule has 0 radical (unpaired) electrons. The van der Waals surface area contributed by atoms with Crippen molar-refractivity contribution >= 4 is 5.91 Å². The van der Waals surface area contributed by atoms with Gasteiger partial charge in [0.05, 0.1) is 29.9 Å². The summed E-state index contributed by atoms with van der Waals surface area (Å²) in [4.78, 5) is 17.1. The van der Waals surface area contributed by atoms with Crippen LogP contribution in [0.25, 0.3) is 11.1 Å². The summed E-state index contributed by atoms with van der Waals surface area (Å²) < 4.78 is 44.6. The molecule has 0 spiro atoms. The van der Waals surface area contributed by atoms with Crippen LogP contribution in [0.4, 0.5) is 13.2 Å². The Kier molecular flexibility index (Phi) is 6.18. The molecule has 0 bridgehead atoms. The van der Waals surface area contributed by atoms with Crippen molar-refractivity contribution in [2.75, 3.05) is 6.61 Å². The molecule has 5 nitrogen and oxygen atoms in total. The fourth-order valence-electron chi connectivity index (χ4n) is 3.75. The Morgan fingerprint density at radius 3 is 2.48 bits per heavy atom. The second kappa shape index (κ2) is 8.86. The standard InChI is InChI=1S/C23H25F3N2O3/c24-23(25,26)17-9-7-15(8-10-17)18-11-16(12-27-22(18)31-13-14-5-6-14)21(30)28-19-3-1-2-4-20(19)29/h7-12,14,19-20,29H,1-6,13H2,(H,28,30)/t19-,20-/m0/s1. The number of nitrogens with zero attached hydrogens (tertiary/aromatic N) is 1. The largest absolute Gasteiger partial charge is 0.477 e. The number of halogens is 3. The lowest BCUT2D eigenvalue weighted by atomic mass is 9.92. The van der Waals surface area contributed by atoms with Crippen molar-refractivity contribution in [3.05, 3.63) is 47.7 Å². The van der Waals surface area contributed by atoms with Gasteiger partial charge in [0.25, 0.3) is 5.91 Å². The summed E-state index contributed by atoms with van der Waals surface area (Å²) in [7, 11) is 0. The van der Waals surface area contributed by atoms with Crippen LogP contribution in [0.1, 0.15) is 54.4 Å². The summed E-state index contributed by atoms with van der Waals surface area (Å²) >= 11 is 0. The van der Waals surface area contributed by atoms with Gasteiger partial charge in [0.15, 0.2) is 0 Å². The molecular formula is C23H25F3N2O3. The van der Waals surface area contributed by atoms with Gasteiger partial charge >= 0.3 is 6.18 Å². The fourth-order valence-corrected chi connectivity index (χ4v) is 3.75. The number of ether oxygens (including phenoxy) is 1. The van der Waals surface area contributed by atoms with E-state index in [0.29, 0.717) is 42.4 Å². The molecule has 1 amide bonds. The summed E-state index contributed by atoms with van der Waals surface area (Å²) in [6.07, 6.45) is 1.78. The van der Waals surface area contributed by atoms with E-state index in [-0.39, 0.29) is 17.5 Å². The van der Waals surface area contributed by atoms with E-state index < -0.39 is 17.8 Å². The van der Waals surface area contributed by atoms with Gasteiger partial charge in [0, 0.05) is 11.8 Å². The predicted octanol–water partition coefficient (Wildman–Crippen LogP) is 4.59. The Morgan fingerprint density at radius 2 is 1.84 bits per heavy atom. The van der Waals surface area contributed by atoms with Crippen molar-refractivity contribution in [2.24, 2.45) is 5.92 Å². The fraction of sp³-hybridized carbons (Fsp3) is 0.478. The molecule has 8 heteroatoms. The van der Waals surface area contributed by atoms with Crippen LogP contribution < -0.4 is 10.1 Å². The number of nitrogens with one attached hydrogen (secondary N) is 1. The SMILES string of the molecule is O=C(N[C@H]1CCCC[C@@H]1O)c1cnc(OCC2CC2)c(-c2ccc(C(F)(F)F)cc2)c1. The average molecular weight is 434 g/mol. The van der Waals surface area contributed by atoms with E-state index in [1.54, 1.807) is 6.07 Å². The third kappa shape index (κ3) is 5.36. The predicted molar refractivity (Wildman–Crippen MR) is 109 cm³/mol. The number of pyridine rings is 1. The van der Waals surface area contributed by atoms with Gasteiger partial charge in [0.1, 0.15) is 0 Å². The maximum Gasteiger partial charge on any atom is 0.416 e. The summed E-state index contributed by atoms with van der Waals surface area (Å²) in [6.45, 7) is 0.487. The van der Waals surface area contributed by atoms with E-state index in [2.05, 4.69) is 10.3 Å². The molecule has 0 aliphatic heterocycles. The van der Waals surface area contributed by atoms with Gasteiger partial charge in [-0.25, -0.2) is 4.98 Å². The molecule has 2 aliphatic rings. The maximum absolute atomic E-state index is 12.9. The lowest BCUT2D eigenvalue weighted by Gasteiger charge is -2.28. The van der Waals surface area contributed by atoms with Gasteiger partial charge in [-0.15, -0.1) is 0 Å². The minimum atomic E-state index is -4.43. The van der Waals surface area contributed by atoms with Crippen molar-refractivity contribution in [3.8, 4) is 17.0 Å². The number of aliphatic hydroxyl groups is 1. The van der Waals surface area contributed by atoms with Gasteiger partial charge in [-0.05, 0) is 55.4 Å². The van der Waals surface area contributed by atoms with Crippen LogP contribution in [0.3, 0.4) is 0 Å². The van der Waals surface area contributed by atoms with Crippen molar-refractivity contribution in [1.82, 2.24) is 10.3 Å². The van der Waals surface area contributed by atoms with Crippen LogP contribution in [0.5, 0.6) is 5.88 Å². The Morgan fingerprint density at radius 1 is 1.13 bits per heavy atom. The second-order valence-corrected chi connectivity index (χ2v) is 8.34. The molecule has 0 unspecified atom stereocenters. The monoisotopic (exact) mass is 434 g/mol. The highest BCUT2D eigenvalue weighted by Crippen LogP contribution is 2.35. The number of rotatable bonds is 6. The number of alkyl halides is 3. The number of carbonyl (C=O) groups excluding carboxylic acids is 1. The number of aromatic nitrogens is 1. The number of amides is 1. The summed E-state index contributed by atoms with van der Waals surface area (Å²) in [6, 6.07) is 5.99. The Labute approximate surface area is 178 Å². The zero-order valence-electron chi connectivity index (χ0n) is 17.0. The second-order valence-electron chi connectivity index (χ2n) is 8.34. The molecule has 1 aromatic carbocycles. The highest BCUT2D eigenvalue weighted by Gasteiger charge is 2.30. The first kappa shape index (κ1) is 21.6. The van der Waals surface area contributed by atoms with Crippen molar-refractivity contribution in [2.45, 2.75) is 56.8 Å². The van der Waals surface area contributed by atoms with Crippen molar-refractivity contribution in [1.29, 1.82) is 0 Å². The minimum absolute atomic E-state index is 0.270. The summed E-state index contributed by atoms with van der Waals surface area (Å²) in [5, 5.41) is 13.0. The molecule has 0 saturated heterocycles.